The lowest BCUT2D eigenvalue weighted by molar-refractivity contribution is -0.141. The molecule has 0 aromatic rings. The zero-order chi connectivity index (χ0) is 18.1. The first-order chi connectivity index (χ1) is 12.5. The minimum atomic E-state index is -0.323. The Balaban J connectivity index is 1.17. The van der Waals surface area contributed by atoms with Gasteiger partial charge in [0, 0.05) is 31.6 Å². The number of rotatable bonds is 5. The second kappa shape index (κ2) is 6.17. The quantitative estimate of drug-likeness (QED) is 0.634. The predicted octanol–water partition coefficient (Wildman–Crippen LogP) is 0.642. The van der Waals surface area contributed by atoms with Crippen LogP contribution in [0.3, 0.4) is 0 Å². The predicted molar refractivity (Wildman–Crippen MR) is 99.3 cm³/mol. The summed E-state index contributed by atoms with van der Waals surface area (Å²) in [6, 6.07) is 0. The lowest BCUT2D eigenvalue weighted by Gasteiger charge is -2.49. The summed E-state index contributed by atoms with van der Waals surface area (Å²) in [6.45, 7) is 2.82. The molecule has 26 heavy (non-hydrogen) atoms. The number of carbonyl (C=O) groups excluding carboxylic acids is 2. The van der Waals surface area contributed by atoms with Crippen molar-refractivity contribution < 1.29 is 14.7 Å². The van der Waals surface area contributed by atoms with Gasteiger partial charge < -0.3 is 15.3 Å². The van der Waals surface area contributed by atoms with E-state index in [1.165, 1.54) is 25.7 Å². The zero-order valence-corrected chi connectivity index (χ0v) is 16.7. The van der Waals surface area contributed by atoms with Crippen molar-refractivity contribution in [2.45, 2.75) is 31.9 Å². The maximum atomic E-state index is 12.2. The van der Waals surface area contributed by atoms with E-state index in [4.69, 9.17) is 0 Å². The highest BCUT2D eigenvalue weighted by atomic mass is 79.9. The van der Waals surface area contributed by atoms with E-state index in [1.807, 2.05) is 4.90 Å². The average molecular weight is 426 g/mol. The molecule has 1 saturated heterocycles. The van der Waals surface area contributed by atoms with Gasteiger partial charge in [-0.05, 0) is 55.3 Å². The van der Waals surface area contributed by atoms with Crippen LogP contribution in [0.15, 0.2) is 0 Å². The molecule has 5 saturated carbocycles. The van der Waals surface area contributed by atoms with Crippen molar-refractivity contribution in [3.63, 3.8) is 0 Å². The smallest absolute Gasteiger partial charge is 0.242 e. The summed E-state index contributed by atoms with van der Waals surface area (Å²) in [5, 5.41) is 14.1. The standard InChI is InChI=1S/C19H28BrN3O3/c20-9-14(24)21-10-15(25)22-1-3-23(4-2-22)18(26)19-8-11-5-12-7-13(6-11)17(19)16(12)19/h11-13,16-18,26H,1-10H2,(H,21,24). The third kappa shape index (κ3) is 2.42. The van der Waals surface area contributed by atoms with Gasteiger partial charge in [0.1, 0.15) is 6.23 Å². The molecule has 0 aromatic heterocycles. The normalized spacial score (nSPS) is 44.1. The van der Waals surface area contributed by atoms with E-state index in [-0.39, 0.29) is 35.3 Å². The van der Waals surface area contributed by atoms with E-state index in [1.54, 1.807) is 0 Å². The van der Waals surface area contributed by atoms with Gasteiger partial charge in [-0.15, -0.1) is 0 Å². The second-order valence-electron chi connectivity index (χ2n) is 9.16. The van der Waals surface area contributed by atoms with Gasteiger partial charge in [0.2, 0.25) is 11.8 Å². The number of alkyl halides is 1. The van der Waals surface area contributed by atoms with Crippen LogP contribution in [0.2, 0.25) is 0 Å². The van der Waals surface area contributed by atoms with Crippen molar-refractivity contribution in [1.82, 2.24) is 15.1 Å². The highest BCUT2D eigenvalue weighted by Crippen LogP contribution is 2.82. The number of nitrogens with one attached hydrogen (secondary N) is 1. The van der Waals surface area contributed by atoms with Crippen LogP contribution in [-0.2, 0) is 9.59 Å². The summed E-state index contributed by atoms with van der Waals surface area (Å²) in [4.78, 5) is 27.5. The first kappa shape index (κ1) is 17.4. The van der Waals surface area contributed by atoms with Crippen LogP contribution >= 0.6 is 15.9 Å². The third-order valence-corrected chi connectivity index (χ3v) is 8.62. The topological polar surface area (TPSA) is 72.9 Å². The number of hydrogen-bond donors (Lipinski definition) is 2. The van der Waals surface area contributed by atoms with Gasteiger partial charge in [0.05, 0.1) is 11.9 Å². The molecule has 6 aliphatic rings. The van der Waals surface area contributed by atoms with Crippen LogP contribution in [0, 0.1) is 35.0 Å². The number of piperazine rings is 1. The summed E-state index contributed by atoms with van der Waals surface area (Å²) >= 11 is 3.08. The first-order valence-corrected chi connectivity index (χ1v) is 11.2. The van der Waals surface area contributed by atoms with Crippen LogP contribution < -0.4 is 5.32 Å². The molecule has 5 aliphatic carbocycles. The largest absolute Gasteiger partial charge is 0.378 e. The Morgan fingerprint density at radius 3 is 2.38 bits per heavy atom. The van der Waals surface area contributed by atoms with Crippen molar-refractivity contribution >= 4 is 27.7 Å². The maximum Gasteiger partial charge on any atom is 0.242 e. The van der Waals surface area contributed by atoms with E-state index >= 15 is 0 Å². The molecule has 144 valence electrons. The number of aliphatic hydroxyl groups excluding tert-OH is 1. The first-order valence-electron chi connectivity index (χ1n) is 10.1. The maximum absolute atomic E-state index is 12.2. The van der Waals surface area contributed by atoms with Crippen LogP contribution in [-0.4, -0.2) is 71.0 Å². The number of hydrogen-bond acceptors (Lipinski definition) is 4. The summed E-state index contributed by atoms with van der Waals surface area (Å²) < 4.78 is 0. The SMILES string of the molecule is O=C(CBr)NCC(=O)N1CCN(C(O)C23CC4CC5CC(C4)C2C53)CC1. The number of halogens is 1. The fourth-order valence-electron chi connectivity index (χ4n) is 7.38. The molecule has 1 aliphatic heterocycles. The molecule has 2 N–H and O–H groups in total. The summed E-state index contributed by atoms with van der Waals surface area (Å²) in [6.07, 6.45) is 5.15. The Morgan fingerprint density at radius 2 is 1.77 bits per heavy atom. The molecule has 0 spiro atoms. The Kier molecular flexibility index (Phi) is 4.14. The molecule has 2 amide bonds. The fourth-order valence-corrected chi connectivity index (χ4v) is 7.58. The Labute approximate surface area is 162 Å². The van der Waals surface area contributed by atoms with Crippen molar-refractivity contribution in [1.29, 1.82) is 0 Å². The average Bonchev–Trinajstić information content (AvgIpc) is 3.28. The van der Waals surface area contributed by atoms with Gasteiger partial charge in [-0.1, -0.05) is 15.9 Å². The lowest BCUT2D eigenvalue weighted by atomic mass is 9.61. The fraction of sp³-hybridized carbons (Fsp3) is 0.895. The van der Waals surface area contributed by atoms with Crippen molar-refractivity contribution in [3.05, 3.63) is 0 Å². The molecule has 6 fully saturated rings. The van der Waals surface area contributed by atoms with Crippen LogP contribution in [0.1, 0.15) is 25.7 Å². The van der Waals surface area contributed by atoms with E-state index in [9.17, 15) is 14.7 Å². The minimum absolute atomic E-state index is 0.0335. The Bertz CT molecular complexity index is 603. The van der Waals surface area contributed by atoms with Gasteiger partial charge in [0.25, 0.3) is 0 Å². The van der Waals surface area contributed by atoms with Crippen molar-refractivity contribution in [2.75, 3.05) is 38.1 Å². The van der Waals surface area contributed by atoms with E-state index < -0.39 is 0 Å². The third-order valence-electron chi connectivity index (χ3n) is 8.11. The Morgan fingerprint density at radius 1 is 1.12 bits per heavy atom. The summed E-state index contributed by atoms with van der Waals surface area (Å²) in [5.74, 6) is 3.97. The van der Waals surface area contributed by atoms with Gasteiger partial charge in [-0.2, -0.15) is 0 Å². The molecule has 1 heterocycles. The van der Waals surface area contributed by atoms with E-state index in [2.05, 4.69) is 26.1 Å². The molecule has 5 atom stereocenters. The van der Waals surface area contributed by atoms with Crippen LogP contribution in [0.5, 0.6) is 0 Å². The number of carbonyl (C=O) groups is 2. The molecule has 6 rings (SSSR count). The van der Waals surface area contributed by atoms with Gasteiger partial charge in [-0.25, -0.2) is 0 Å². The highest BCUT2D eigenvalue weighted by molar-refractivity contribution is 9.09. The summed E-state index contributed by atoms with van der Waals surface area (Å²) in [5.41, 5.74) is 0.185. The van der Waals surface area contributed by atoms with Crippen molar-refractivity contribution in [2.24, 2.45) is 35.0 Å². The molecule has 0 aromatic carbocycles. The zero-order valence-electron chi connectivity index (χ0n) is 15.1. The van der Waals surface area contributed by atoms with Crippen LogP contribution in [0.4, 0.5) is 0 Å². The number of aliphatic hydroxyl groups is 1. The van der Waals surface area contributed by atoms with Gasteiger partial charge in [-0.3, -0.25) is 14.5 Å². The molecular formula is C19H28BrN3O3. The molecule has 0 radical (unpaired) electrons. The highest BCUT2D eigenvalue weighted by Gasteiger charge is 2.80. The molecule has 4 bridgehead atoms. The number of amides is 2. The lowest BCUT2D eigenvalue weighted by Crippen LogP contribution is -2.57. The molecular weight excluding hydrogens is 398 g/mol. The molecule has 6 nitrogen and oxygen atoms in total. The van der Waals surface area contributed by atoms with E-state index in [0.717, 1.165) is 42.7 Å². The monoisotopic (exact) mass is 425 g/mol. The van der Waals surface area contributed by atoms with E-state index in [0.29, 0.717) is 13.1 Å². The molecule has 5 unspecified atom stereocenters. The second-order valence-corrected chi connectivity index (χ2v) is 9.72. The van der Waals surface area contributed by atoms with Gasteiger partial charge in [0.15, 0.2) is 0 Å². The van der Waals surface area contributed by atoms with Crippen molar-refractivity contribution in [3.8, 4) is 0 Å². The number of nitrogens with zero attached hydrogens (tertiary/aromatic N) is 2. The summed E-state index contributed by atoms with van der Waals surface area (Å²) in [7, 11) is 0. The Hall–Kier alpha value is -0.660. The van der Waals surface area contributed by atoms with Crippen LogP contribution in [0.25, 0.3) is 0 Å². The van der Waals surface area contributed by atoms with Gasteiger partial charge >= 0.3 is 0 Å². The minimum Gasteiger partial charge on any atom is -0.378 e. The molecule has 7 heteroatoms.